The zero-order chi connectivity index (χ0) is 17.1. The van der Waals surface area contributed by atoms with E-state index in [2.05, 4.69) is 37.0 Å². The molecule has 3 aromatic rings. The molecule has 24 heavy (non-hydrogen) atoms. The Bertz CT molecular complexity index is 807. The second kappa shape index (κ2) is 7.37. The third-order valence-electron chi connectivity index (χ3n) is 3.74. The molecule has 128 valence electrons. The molecule has 0 aliphatic carbocycles. The lowest BCUT2D eigenvalue weighted by molar-refractivity contribution is -0.121. The van der Waals surface area contributed by atoms with Gasteiger partial charge in [0.25, 0.3) is 0 Å². The minimum atomic E-state index is 0.0427. The number of aryl methyl sites for hydroxylation is 2. The highest BCUT2D eigenvalue weighted by molar-refractivity contribution is 7.16. The van der Waals surface area contributed by atoms with Crippen molar-refractivity contribution in [3.8, 4) is 0 Å². The number of carbonyl (C=O) groups excluding carboxylic acids is 1. The van der Waals surface area contributed by atoms with Gasteiger partial charge in [0.2, 0.25) is 10.9 Å². The van der Waals surface area contributed by atoms with Crippen LogP contribution in [0.1, 0.15) is 28.2 Å². The first-order valence-electron chi connectivity index (χ1n) is 7.69. The number of aromatic nitrogens is 4. The van der Waals surface area contributed by atoms with Crippen molar-refractivity contribution in [1.82, 2.24) is 30.0 Å². The summed E-state index contributed by atoms with van der Waals surface area (Å²) < 4.78 is 1.72. The summed E-state index contributed by atoms with van der Waals surface area (Å²) in [6, 6.07) is 4.34. The van der Waals surface area contributed by atoms with E-state index >= 15 is 0 Å². The first kappa shape index (κ1) is 17.0. The van der Waals surface area contributed by atoms with Crippen LogP contribution in [0.15, 0.2) is 17.5 Å². The second-order valence-corrected chi connectivity index (χ2v) is 7.76. The molecule has 3 rings (SSSR count). The summed E-state index contributed by atoms with van der Waals surface area (Å²) in [4.78, 5) is 16.3. The lowest BCUT2D eigenvalue weighted by Gasteiger charge is -2.23. The molecule has 0 fully saturated rings. The van der Waals surface area contributed by atoms with E-state index < -0.39 is 0 Å². The highest BCUT2D eigenvalue weighted by atomic mass is 32.1. The molecule has 1 amide bonds. The molecule has 0 aromatic carbocycles. The molecule has 7 nitrogen and oxygen atoms in total. The molecule has 0 spiro atoms. The highest BCUT2D eigenvalue weighted by Gasteiger charge is 2.16. The smallest absolute Gasteiger partial charge is 0.234 e. The van der Waals surface area contributed by atoms with Crippen molar-refractivity contribution in [1.29, 1.82) is 0 Å². The van der Waals surface area contributed by atoms with Gasteiger partial charge < -0.3 is 10.2 Å². The molecule has 0 aliphatic rings. The normalized spacial score (nSPS) is 12.8. The Kier molecular flexibility index (Phi) is 5.22. The second-order valence-electron chi connectivity index (χ2n) is 5.74. The lowest BCUT2D eigenvalue weighted by Crippen LogP contribution is -2.34. The molecule has 1 unspecified atom stereocenters. The highest BCUT2D eigenvalue weighted by Crippen LogP contribution is 2.22. The van der Waals surface area contributed by atoms with Crippen molar-refractivity contribution in [2.45, 2.75) is 25.8 Å². The standard InChI is InChI=1S/C15H20N6OS2/c1-10-17-18-15-21(10)19-14(24-15)7-6-13(22)16-9-11(20(2)3)12-5-4-8-23-12/h4-5,8,11H,6-7,9H2,1-3H3,(H,16,22). The van der Waals surface area contributed by atoms with Crippen molar-refractivity contribution >= 4 is 33.5 Å². The maximum Gasteiger partial charge on any atom is 0.234 e. The number of rotatable bonds is 7. The molecule has 1 N–H and O–H groups in total. The van der Waals surface area contributed by atoms with Crippen LogP contribution in [0.3, 0.4) is 0 Å². The van der Waals surface area contributed by atoms with Gasteiger partial charge in [-0.2, -0.15) is 9.61 Å². The summed E-state index contributed by atoms with van der Waals surface area (Å²) in [5.41, 5.74) is 0. The molecule has 0 saturated carbocycles. The van der Waals surface area contributed by atoms with Gasteiger partial charge in [0.1, 0.15) is 5.01 Å². The molecule has 3 heterocycles. The molecule has 1 atom stereocenters. The van der Waals surface area contributed by atoms with Gasteiger partial charge in [-0.15, -0.1) is 21.5 Å². The summed E-state index contributed by atoms with van der Waals surface area (Å²) in [6.07, 6.45) is 1.04. The molecule has 0 aliphatic heterocycles. The maximum atomic E-state index is 12.1. The largest absolute Gasteiger partial charge is 0.354 e. The summed E-state index contributed by atoms with van der Waals surface area (Å²) in [7, 11) is 4.05. The van der Waals surface area contributed by atoms with E-state index in [-0.39, 0.29) is 11.9 Å². The molecule has 0 bridgehead atoms. The Balaban J connectivity index is 1.51. The van der Waals surface area contributed by atoms with E-state index in [1.54, 1.807) is 15.9 Å². The topological polar surface area (TPSA) is 75.4 Å². The fourth-order valence-electron chi connectivity index (χ4n) is 2.39. The summed E-state index contributed by atoms with van der Waals surface area (Å²) in [5, 5.41) is 18.4. The average Bonchev–Trinajstić information content (AvgIpc) is 3.25. The third-order valence-corrected chi connectivity index (χ3v) is 5.67. The van der Waals surface area contributed by atoms with Crippen molar-refractivity contribution in [3.63, 3.8) is 0 Å². The summed E-state index contributed by atoms with van der Waals surface area (Å²) in [5.74, 6) is 0.808. The Morgan fingerprint density at radius 3 is 2.92 bits per heavy atom. The van der Waals surface area contributed by atoms with Gasteiger partial charge in [0, 0.05) is 24.3 Å². The predicted molar refractivity (Wildman–Crippen MR) is 95.5 cm³/mol. The van der Waals surface area contributed by atoms with Crippen LogP contribution in [0.4, 0.5) is 0 Å². The van der Waals surface area contributed by atoms with Gasteiger partial charge in [-0.05, 0) is 32.5 Å². The van der Waals surface area contributed by atoms with Gasteiger partial charge in [-0.1, -0.05) is 17.4 Å². The molecule has 0 saturated heterocycles. The minimum absolute atomic E-state index is 0.0427. The monoisotopic (exact) mass is 364 g/mol. The zero-order valence-electron chi connectivity index (χ0n) is 13.9. The minimum Gasteiger partial charge on any atom is -0.354 e. The molecule has 3 aromatic heterocycles. The van der Waals surface area contributed by atoms with Crippen LogP contribution in [0, 0.1) is 6.92 Å². The van der Waals surface area contributed by atoms with E-state index in [0.717, 1.165) is 15.8 Å². The Hall–Kier alpha value is -1.84. The first-order chi connectivity index (χ1) is 11.5. The van der Waals surface area contributed by atoms with Gasteiger partial charge in [0.15, 0.2) is 5.82 Å². The number of nitrogens with one attached hydrogen (secondary N) is 1. The van der Waals surface area contributed by atoms with Crippen molar-refractivity contribution in [2.24, 2.45) is 0 Å². The number of likely N-dealkylation sites (N-methyl/N-ethyl adjacent to an activating group) is 1. The van der Waals surface area contributed by atoms with Crippen molar-refractivity contribution < 1.29 is 4.79 Å². The number of thiophene rings is 1. The van der Waals surface area contributed by atoms with Crippen LogP contribution in [0.2, 0.25) is 0 Å². The first-order valence-corrected chi connectivity index (χ1v) is 9.38. The third kappa shape index (κ3) is 3.80. The van der Waals surface area contributed by atoms with Crippen LogP contribution in [0.5, 0.6) is 0 Å². The van der Waals surface area contributed by atoms with Crippen LogP contribution in [-0.4, -0.2) is 51.3 Å². The molecule has 9 heteroatoms. The van der Waals surface area contributed by atoms with E-state index in [4.69, 9.17) is 0 Å². The van der Waals surface area contributed by atoms with Gasteiger partial charge >= 0.3 is 0 Å². The Morgan fingerprint density at radius 1 is 1.42 bits per heavy atom. The quantitative estimate of drug-likeness (QED) is 0.693. The van der Waals surface area contributed by atoms with E-state index in [1.165, 1.54) is 16.2 Å². The van der Waals surface area contributed by atoms with Gasteiger partial charge in [0.05, 0.1) is 6.04 Å². The zero-order valence-corrected chi connectivity index (χ0v) is 15.5. The Morgan fingerprint density at radius 2 is 2.25 bits per heavy atom. The Labute approximate surface area is 148 Å². The molecular formula is C15H20N6OS2. The average molecular weight is 365 g/mol. The predicted octanol–water partition coefficient (Wildman–Crippen LogP) is 1.91. The molecule has 0 radical (unpaired) electrons. The number of carbonyl (C=O) groups is 1. The number of hydrogen-bond acceptors (Lipinski definition) is 7. The SMILES string of the molecule is Cc1nnc2sc(CCC(=O)NCC(c3cccs3)N(C)C)nn12. The fraction of sp³-hybridized carbons (Fsp3) is 0.467. The van der Waals surface area contributed by atoms with Gasteiger partial charge in [-0.3, -0.25) is 4.79 Å². The van der Waals surface area contributed by atoms with E-state index in [0.29, 0.717) is 19.4 Å². The fourth-order valence-corrected chi connectivity index (χ4v) is 4.19. The lowest BCUT2D eigenvalue weighted by atomic mass is 10.2. The van der Waals surface area contributed by atoms with Crippen LogP contribution in [0.25, 0.3) is 4.96 Å². The number of amides is 1. The van der Waals surface area contributed by atoms with E-state index in [9.17, 15) is 4.79 Å². The van der Waals surface area contributed by atoms with E-state index in [1.807, 2.05) is 27.1 Å². The summed E-state index contributed by atoms with van der Waals surface area (Å²) in [6.45, 7) is 2.47. The molecular weight excluding hydrogens is 344 g/mol. The van der Waals surface area contributed by atoms with Crippen molar-refractivity contribution in [2.75, 3.05) is 20.6 Å². The maximum absolute atomic E-state index is 12.1. The van der Waals surface area contributed by atoms with Crippen molar-refractivity contribution in [3.05, 3.63) is 33.2 Å². The number of nitrogens with zero attached hydrogens (tertiary/aromatic N) is 5. The van der Waals surface area contributed by atoms with Crippen LogP contribution >= 0.6 is 22.7 Å². The number of fused-ring (bicyclic) bond motifs is 1. The summed E-state index contributed by atoms with van der Waals surface area (Å²) >= 11 is 3.19. The number of hydrogen-bond donors (Lipinski definition) is 1. The van der Waals surface area contributed by atoms with Crippen LogP contribution < -0.4 is 5.32 Å². The van der Waals surface area contributed by atoms with Crippen LogP contribution in [-0.2, 0) is 11.2 Å². The van der Waals surface area contributed by atoms with Gasteiger partial charge in [-0.25, -0.2) is 0 Å².